The number of aromatic nitrogens is 1. The number of rotatable bonds is 13. The molecule has 2 heterocycles. The third-order valence-electron chi connectivity index (χ3n) is 7.45. The van der Waals surface area contributed by atoms with Gasteiger partial charge in [0.1, 0.15) is 5.58 Å². The van der Waals surface area contributed by atoms with Crippen molar-refractivity contribution in [2.75, 3.05) is 13.2 Å². The van der Waals surface area contributed by atoms with Crippen LogP contribution in [-0.2, 0) is 4.74 Å². The summed E-state index contributed by atoms with van der Waals surface area (Å²) in [6.45, 7) is 14.2. The molecular formula is C33H43N3O4. The minimum Gasteiger partial charge on any atom is -0.481 e. The first-order valence-electron chi connectivity index (χ1n) is 14.2. The van der Waals surface area contributed by atoms with Gasteiger partial charge in [0.25, 0.3) is 0 Å². The Kier molecular flexibility index (Phi) is 10.5. The van der Waals surface area contributed by atoms with Crippen LogP contribution in [0.15, 0.2) is 51.8 Å². The molecule has 0 radical (unpaired) electrons. The van der Waals surface area contributed by atoms with Crippen molar-refractivity contribution in [2.45, 2.75) is 80.1 Å². The molecule has 214 valence electrons. The smallest absolute Gasteiger partial charge is 0.344 e. The highest BCUT2D eigenvalue weighted by atomic mass is 16.5. The quantitative estimate of drug-likeness (QED) is 0.132. The molecule has 0 spiro atoms. The van der Waals surface area contributed by atoms with Crippen molar-refractivity contribution in [1.29, 1.82) is 10.7 Å². The van der Waals surface area contributed by atoms with E-state index in [0.717, 1.165) is 38.5 Å². The molecule has 0 aliphatic heterocycles. The Balaban J connectivity index is 1.38. The maximum absolute atomic E-state index is 12.6. The number of benzene rings is 1. The largest absolute Gasteiger partial charge is 0.481 e. The highest BCUT2D eigenvalue weighted by Crippen LogP contribution is 2.37. The van der Waals surface area contributed by atoms with Crippen LogP contribution in [0.5, 0.6) is 5.88 Å². The maximum atomic E-state index is 12.6. The van der Waals surface area contributed by atoms with Crippen LogP contribution >= 0.6 is 0 Å². The summed E-state index contributed by atoms with van der Waals surface area (Å²) in [6.07, 6.45) is 7.63. The van der Waals surface area contributed by atoms with E-state index in [0.29, 0.717) is 58.6 Å². The lowest BCUT2D eigenvalue weighted by atomic mass is 9.72. The molecule has 3 rings (SSSR count). The Morgan fingerprint density at radius 2 is 1.70 bits per heavy atom. The standard InChI is InChI=1S/C33H43N3O4/c1-23(20-32(2,3)4)33(5,6)31(35)39-17-13-9-7-8-12-16-38-29-19-28-25(22-36-29)18-27(30(37)40-28)26-15-11-10-14-24(26)21-34/h10-11,14-15,18-19,22-23,35H,7-9,12-13,16-17,20H2,1-6H3. The van der Waals surface area contributed by atoms with Gasteiger partial charge >= 0.3 is 5.63 Å². The van der Waals surface area contributed by atoms with Gasteiger partial charge in [0.15, 0.2) is 5.90 Å². The Morgan fingerprint density at radius 3 is 2.40 bits per heavy atom. The molecular weight excluding hydrogens is 502 g/mol. The molecule has 7 heteroatoms. The van der Waals surface area contributed by atoms with Gasteiger partial charge in [-0.3, -0.25) is 5.41 Å². The summed E-state index contributed by atoms with van der Waals surface area (Å²) in [6, 6.07) is 12.4. The fourth-order valence-corrected chi connectivity index (χ4v) is 4.75. The Labute approximate surface area is 238 Å². The second-order valence-electron chi connectivity index (χ2n) is 12.3. The van der Waals surface area contributed by atoms with Crippen LogP contribution in [0.1, 0.15) is 85.6 Å². The highest BCUT2D eigenvalue weighted by Gasteiger charge is 2.34. The predicted octanol–water partition coefficient (Wildman–Crippen LogP) is 8.15. The normalized spacial score (nSPS) is 12.6. The minimum atomic E-state index is -0.505. The SMILES string of the molecule is CC(CC(C)(C)C)C(C)(C)C(=N)OCCCCCCCOc1cc2oc(=O)c(-c3ccccc3C#N)cc2cn1. The number of fused-ring (bicyclic) bond motifs is 1. The second-order valence-corrected chi connectivity index (χ2v) is 12.3. The lowest BCUT2D eigenvalue weighted by Crippen LogP contribution is -2.35. The first kappa shape index (κ1) is 30.9. The second kappa shape index (κ2) is 13.6. The van der Waals surface area contributed by atoms with Gasteiger partial charge in [-0.2, -0.15) is 5.26 Å². The van der Waals surface area contributed by atoms with Gasteiger partial charge in [0, 0.05) is 28.6 Å². The molecule has 7 nitrogen and oxygen atoms in total. The van der Waals surface area contributed by atoms with E-state index >= 15 is 0 Å². The molecule has 0 saturated heterocycles. The van der Waals surface area contributed by atoms with Crippen LogP contribution in [0.3, 0.4) is 0 Å². The van der Waals surface area contributed by atoms with Gasteiger partial charge in [-0.05, 0) is 42.7 Å². The van der Waals surface area contributed by atoms with Crippen molar-refractivity contribution in [3.8, 4) is 23.1 Å². The van der Waals surface area contributed by atoms with E-state index in [2.05, 4.69) is 52.6 Å². The van der Waals surface area contributed by atoms with Crippen LogP contribution in [0.4, 0.5) is 0 Å². The first-order chi connectivity index (χ1) is 18.9. The van der Waals surface area contributed by atoms with E-state index in [1.807, 2.05) is 0 Å². The summed E-state index contributed by atoms with van der Waals surface area (Å²) in [7, 11) is 0. The molecule has 2 aromatic heterocycles. The first-order valence-corrected chi connectivity index (χ1v) is 14.2. The van der Waals surface area contributed by atoms with E-state index in [1.165, 1.54) is 0 Å². The third-order valence-corrected chi connectivity index (χ3v) is 7.45. The zero-order valence-electron chi connectivity index (χ0n) is 24.8. The third kappa shape index (κ3) is 8.42. The lowest BCUT2D eigenvalue weighted by molar-refractivity contribution is 0.172. The Morgan fingerprint density at radius 1 is 1.02 bits per heavy atom. The Bertz CT molecular complexity index is 1400. The van der Waals surface area contributed by atoms with E-state index in [9.17, 15) is 10.1 Å². The highest BCUT2D eigenvalue weighted by molar-refractivity contribution is 5.83. The summed E-state index contributed by atoms with van der Waals surface area (Å²) >= 11 is 0. The summed E-state index contributed by atoms with van der Waals surface area (Å²) in [4.78, 5) is 17.0. The van der Waals surface area contributed by atoms with E-state index in [-0.39, 0.29) is 10.8 Å². The van der Waals surface area contributed by atoms with Crippen LogP contribution in [0.25, 0.3) is 22.1 Å². The molecule has 40 heavy (non-hydrogen) atoms. The molecule has 0 aliphatic carbocycles. The number of nitrogens with zero attached hydrogens (tertiary/aromatic N) is 2. The molecule has 1 unspecified atom stereocenters. The van der Waals surface area contributed by atoms with Crippen molar-refractivity contribution < 1.29 is 13.9 Å². The average Bonchev–Trinajstić information content (AvgIpc) is 2.90. The molecule has 0 bridgehead atoms. The monoisotopic (exact) mass is 545 g/mol. The summed E-state index contributed by atoms with van der Waals surface area (Å²) in [5.74, 6) is 1.17. The number of ether oxygens (including phenoxy) is 2. The summed E-state index contributed by atoms with van der Waals surface area (Å²) < 4.78 is 17.1. The number of nitrogens with one attached hydrogen (secondary N) is 1. The molecule has 1 aromatic carbocycles. The molecule has 0 fully saturated rings. The minimum absolute atomic E-state index is 0.234. The summed E-state index contributed by atoms with van der Waals surface area (Å²) in [5.41, 5.74) is 1.15. The van der Waals surface area contributed by atoms with Gasteiger partial charge in [-0.15, -0.1) is 0 Å². The fraction of sp³-hybridized carbons (Fsp3) is 0.515. The van der Waals surface area contributed by atoms with Gasteiger partial charge in [-0.1, -0.05) is 79.0 Å². The van der Waals surface area contributed by atoms with Crippen LogP contribution in [0.2, 0.25) is 0 Å². The van der Waals surface area contributed by atoms with Crippen molar-refractivity contribution in [2.24, 2.45) is 16.7 Å². The fourth-order valence-electron chi connectivity index (χ4n) is 4.75. The number of pyridine rings is 1. The predicted molar refractivity (Wildman–Crippen MR) is 160 cm³/mol. The number of hydrogen-bond acceptors (Lipinski definition) is 7. The van der Waals surface area contributed by atoms with Crippen molar-refractivity contribution in [3.05, 3.63) is 58.6 Å². The van der Waals surface area contributed by atoms with Crippen molar-refractivity contribution >= 4 is 16.9 Å². The van der Waals surface area contributed by atoms with E-state index in [4.69, 9.17) is 19.3 Å². The molecule has 0 aliphatic rings. The summed E-state index contributed by atoms with van der Waals surface area (Å²) in [5, 5.41) is 18.5. The lowest BCUT2D eigenvalue weighted by Gasteiger charge is -2.35. The van der Waals surface area contributed by atoms with Gasteiger partial charge in [0.05, 0.1) is 30.4 Å². The number of nitriles is 1. The topological polar surface area (TPSA) is 109 Å². The van der Waals surface area contributed by atoms with Gasteiger partial charge < -0.3 is 13.9 Å². The molecule has 0 saturated carbocycles. The maximum Gasteiger partial charge on any atom is 0.344 e. The number of unbranched alkanes of at least 4 members (excludes halogenated alkanes) is 4. The van der Waals surface area contributed by atoms with Crippen molar-refractivity contribution in [3.63, 3.8) is 0 Å². The zero-order valence-corrected chi connectivity index (χ0v) is 24.8. The van der Waals surface area contributed by atoms with E-state index in [1.54, 1.807) is 42.6 Å². The van der Waals surface area contributed by atoms with Crippen LogP contribution in [-0.4, -0.2) is 24.1 Å². The van der Waals surface area contributed by atoms with Crippen LogP contribution in [0, 0.1) is 33.5 Å². The Hall–Kier alpha value is -3.66. The zero-order chi connectivity index (χ0) is 29.3. The van der Waals surface area contributed by atoms with Gasteiger partial charge in [0.2, 0.25) is 5.88 Å². The number of hydrogen-bond donors (Lipinski definition) is 1. The molecule has 1 atom stereocenters. The van der Waals surface area contributed by atoms with Gasteiger partial charge in [-0.25, -0.2) is 9.78 Å². The molecule has 1 N–H and O–H groups in total. The average molecular weight is 546 g/mol. The van der Waals surface area contributed by atoms with Crippen molar-refractivity contribution in [1.82, 2.24) is 4.98 Å². The van der Waals surface area contributed by atoms with Crippen LogP contribution < -0.4 is 10.4 Å². The molecule has 0 amide bonds. The van der Waals surface area contributed by atoms with E-state index < -0.39 is 5.63 Å². The molecule has 3 aromatic rings.